The van der Waals surface area contributed by atoms with E-state index in [1.54, 1.807) is 6.07 Å². The van der Waals surface area contributed by atoms with Crippen molar-refractivity contribution in [2.24, 2.45) is 5.92 Å². The number of benzene rings is 1. The van der Waals surface area contributed by atoms with Crippen molar-refractivity contribution in [2.75, 3.05) is 35.6 Å². The molecule has 0 spiro atoms. The van der Waals surface area contributed by atoms with Gasteiger partial charge in [-0.1, -0.05) is 0 Å². The van der Waals surface area contributed by atoms with Crippen molar-refractivity contribution in [3.63, 3.8) is 0 Å². The SMILES string of the molecule is N#Cc1cnc(Nc2cc(NCC3CCNC3)c(C(=O)Nc3ccc(F)cc3)nn2)cn1. The standard InChI is InChI=1S/C21H20FN9O/c22-14-1-3-15(4-2-14)28-21(32)20-17(26-10-13-5-6-24-9-13)7-18(30-31-20)29-19-12-25-16(8-23)11-27-19/h1-4,7,11-13,24H,5-6,9-10H2,(H,28,32)(H2,26,27,29,30). The molecule has 1 saturated heterocycles. The quantitative estimate of drug-likeness (QED) is 0.442. The Labute approximate surface area is 183 Å². The van der Waals surface area contributed by atoms with Crippen LogP contribution < -0.4 is 21.3 Å². The number of hydrogen-bond donors (Lipinski definition) is 4. The summed E-state index contributed by atoms with van der Waals surface area (Å²) in [5, 5.41) is 29.3. The predicted octanol–water partition coefficient (Wildman–Crippen LogP) is 2.29. The van der Waals surface area contributed by atoms with Crippen LogP contribution in [0.1, 0.15) is 22.6 Å². The number of halogens is 1. The Morgan fingerprint density at radius 3 is 2.72 bits per heavy atom. The van der Waals surface area contributed by atoms with E-state index >= 15 is 0 Å². The molecule has 3 aromatic rings. The van der Waals surface area contributed by atoms with Crippen LogP contribution in [-0.4, -0.2) is 45.7 Å². The van der Waals surface area contributed by atoms with Crippen LogP contribution in [0.2, 0.25) is 0 Å². The van der Waals surface area contributed by atoms with Crippen molar-refractivity contribution < 1.29 is 9.18 Å². The van der Waals surface area contributed by atoms with Crippen LogP contribution in [0.3, 0.4) is 0 Å². The first-order valence-corrected chi connectivity index (χ1v) is 9.99. The second-order valence-corrected chi connectivity index (χ2v) is 7.22. The number of anilines is 4. The summed E-state index contributed by atoms with van der Waals surface area (Å²) in [6.07, 6.45) is 3.79. The van der Waals surface area contributed by atoms with Gasteiger partial charge in [0.15, 0.2) is 17.2 Å². The lowest BCUT2D eigenvalue weighted by Gasteiger charge is -2.15. The first-order valence-electron chi connectivity index (χ1n) is 9.99. The molecule has 1 amide bonds. The molecule has 4 N–H and O–H groups in total. The summed E-state index contributed by atoms with van der Waals surface area (Å²) >= 11 is 0. The minimum Gasteiger partial charge on any atom is -0.383 e. The molecule has 162 valence electrons. The summed E-state index contributed by atoms with van der Waals surface area (Å²) < 4.78 is 13.1. The van der Waals surface area contributed by atoms with Crippen molar-refractivity contribution in [3.8, 4) is 6.07 Å². The summed E-state index contributed by atoms with van der Waals surface area (Å²) in [4.78, 5) is 20.9. The molecule has 0 saturated carbocycles. The Morgan fingerprint density at radius 1 is 1.19 bits per heavy atom. The minimum atomic E-state index is -0.471. The fraction of sp³-hybridized carbons (Fsp3) is 0.238. The molecule has 1 atom stereocenters. The highest BCUT2D eigenvalue weighted by Crippen LogP contribution is 2.21. The number of nitrogens with zero attached hydrogens (tertiary/aromatic N) is 5. The number of amides is 1. The minimum absolute atomic E-state index is 0.108. The van der Waals surface area contributed by atoms with E-state index in [0.29, 0.717) is 35.5 Å². The van der Waals surface area contributed by atoms with E-state index in [2.05, 4.69) is 41.4 Å². The summed E-state index contributed by atoms with van der Waals surface area (Å²) in [6, 6.07) is 9.03. The van der Waals surface area contributed by atoms with E-state index in [0.717, 1.165) is 19.5 Å². The lowest BCUT2D eigenvalue weighted by atomic mass is 10.1. The average Bonchev–Trinajstić information content (AvgIpc) is 3.33. The number of rotatable bonds is 7. The number of nitrogens with one attached hydrogen (secondary N) is 4. The second-order valence-electron chi connectivity index (χ2n) is 7.22. The van der Waals surface area contributed by atoms with Gasteiger partial charge < -0.3 is 21.3 Å². The molecule has 1 fully saturated rings. The molecule has 0 aliphatic carbocycles. The molecule has 1 aliphatic heterocycles. The molecule has 4 rings (SSSR count). The summed E-state index contributed by atoms with van der Waals surface area (Å²) in [7, 11) is 0. The fourth-order valence-electron chi connectivity index (χ4n) is 3.20. The Bertz CT molecular complexity index is 1120. The number of hydrogen-bond acceptors (Lipinski definition) is 9. The third-order valence-electron chi connectivity index (χ3n) is 4.88. The Balaban J connectivity index is 1.54. The molecule has 3 heterocycles. The maximum Gasteiger partial charge on any atom is 0.278 e. The highest BCUT2D eigenvalue weighted by atomic mass is 19.1. The van der Waals surface area contributed by atoms with Gasteiger partial charge in [-0.25, -0.2) is 14.4 Å². The van der Waals surface area contributed by atoms with Crippen LogP contribution in [-0.2, 0) is 0 Å². The van der Waals surface area contributed by atoms with Gasteiger partial charge in [0.1, 0.15) is 17.7 Å². The first kappa shape index (κ1) is 21.1. The topological polar surface area (TPSA) is 141 Å². The van der Waals surface area contributed by atoms with Crippen molar-refractivity contribution in [1.29, 1.82) is 5.26 Å². The van der Waals surface area contributed by atoms with Crippen LogP contribution in [0.25, 0.3) is 0 Å². The van der Waals surface area contributed by atoms with Gasteiger partial charge in [0, 0.05) is 18.3 Å². The molecule has 32 heavy (non-hydrogen) atoms. The van der Waals surface area contributed by atoms with E-state index in [4.69, 9.17) is 5.26 Å². The molecule has 1 aromatic carbocycles. The predicted molar refractivity (Wildman–Crippen MR) is 116 cm³/mol. The summed E-state index contributed by atoms with van der Waals surface area (Å²) in [5.74, 6) is 0.302. The van der Waals surface area contributed by atoms with Gasteiger partial charge in [0.2, 0.25) is 0 Å². The Hall–Kier alpha value is -4.17. The van der Waals surface area contributed by atoms with Crippen LogP contribution in [0.15, 0.2) is 42.7 Å². The maximum atomic E-state index is 13.1. The molecule has 1 aliphatic rings. The van der Waals surface area contributed by atoms with E-state index < -0.39 is 11.7 Å². The van der Waals surface area contributed by atoms with Crippen molar-refractivity contribution >= 4 is 28.9 Å². The lowest BCUT2D eigenvalue weighted by molar-refractivity contribution is 0.102. The Kier molecular flexibility index (Phi) is 6.43. The van der Waals surface area contributed by atoms with Gasteiger partial charge in [0.25, 0.3) is 5.91 Å². The van der Waals surface area contributed by atoms with E-state index in [1.165, 1.54) is 36.7 Å². The third-order valence-corrected chi connectivity index (χ3v) is 4.88. The lowest BCUT2D eigenvalue weighted by Crippen LogP contribution is -2.21. The smallest absolute Gasteiger partial charge is 0.278 e. The molecule has 0 bridgehead atoms. The Morgan fingerprint density at radius 2 is 2.03 bits per heavy atom. The molecule has 10 nitrogen and oxygen atoms in total. The normalized spacial score (nSPS) is 15.1. The monoisotopic (exact) mass is 433 g/mol. The number of aromatic nitrogens is 4. The number of carbonyl (C=O) groups is 1. The average molecular weight is 433 g/mol. The largest absolute Gasteiger partial charge is 0.383 e. The van der Waals surface area contributed by atoms with Crippen molar-refractivity contribution in [3.05, 3.63) is 59.9 Å². The zero-order valence-corrected chi connectivity index (χ0v) is 17.0. The molecule has 11 heteroatoms. The zero-order valence-electron chi connectivity index (χ0n) is 17.0. The van der Waals surface area contributed by atoms with Gasteiger partial charge in [-0.15, -0.1) is 10.2 Å². The summed E-state index contributed by atoms with van der Waals surface area (Å²) in [5.41, 5.74) is 1.24. The molecule has 2 aromatic heterocycles. The van der Waals surface area contributed by atoms with Gasteiger partial charge in [-0.05, 0) is 49.7 Å². The number of carbonyl (C=O) groups excluding carboxylic acids is 1. The molecular weight excluding hydrogens is 413 g/mol. The van der Waals surface area contributed by atoms with Crippen LogP contribution in [0, 0.1) is 23.1 Å². The zero-order chi connectivity index (χ0) is 22.3. The fourth-order valence-corrected chi connectivity index (χ4v) is 3.20. The van der Waals surface area contributed by atoms with Crippen molar-refractivity contribution in [1.82, 2.24) is 25.5 Å². The van der Waals surface area contributed by atoms with Crippen LogP contribution in [0.5, 0.6) is 0 Å². The van der Waals surface area contributed by atoms with Gasteiger partial charge in [0.05, 0.1) is 18.1 Å². The maximum absolute atomic E-state index is 13.1. The van der Waals surface area contributed by atoms with Gasteiger partial charge >= 0.3 is 0 Å². The van der Waals surface area contributed by atoms with Crippen molar-refractivity contribution in [2.45, 2.75) is 6.42 Å². The number of nitriles is 1. The van der Waals surface area contributed by atoms with Crippen LogP contribution >= 0.6 is 0 Å². The highest BCUT2D eigenvalue weighted by molar-refractivity contribution is 6.06. The van der Waals surface area contributed by atoms with Gasteiger partial charge in [-0.3, -0.25) is 4.79 Å². The van der Waals surface area contributed by atoms with Crippen LogP contribution in [0.4, 0.5) is 27.4 Å². The molecule has 1 unspecified atom stereocenters. The van der Waals surface area contributed by atoms with E-state index in [9.17, 15) is 9.18 Å². The van der Waals surface area contributed by atoms with E-state index in [1.807, 2.05) is 6.07 Å². The molecule has 0 radical (unpaired) electrons. The first-order chi connectivity index (χ1) is 15.6. The van der Waals surface area contributed by atoms with E-state index in [-0.39, 0.29) is 11.4 Å². The third kappa shape index (κ3) is 5.30. The second kappa shape index (κ2) is 9.76. The highest BCUT2D eigenvalue weighted by Gasteiger charge is 2.19. The molecular formula is C21H20FN9O. The van der Waals surface area contributed by atoms with Gasteiger partial charge in [-0.2, -0.15) is 5.26 Å². The summed E-state index contributed by atoms with van der Waals surface area (Å²) in [6.45, 7) is 2.52.